The van der Waals surface area contributed by atoms with Crippen molar-refractivity contribution in [2.45, 2.75) is 4.90 Å². The van der Waals surface area contributed by atoms with E-state index in [4.69, 9.17) is 4.74 Å². The lowest BCUT2D eigenvalue weighted by atomic mass is 10.1. The summed E-state index contributed by atoms with van der Waals surface area (Å²) in [6.07, 6.45) is 0. The molecule has 4 nitrogen and oxygen atoms in total. The minimum atomic E-state index is 0.694. The molecular formula is C18H17N3OS. The highest BCUT2D eigenvalue weighted by Crippen LogP contribution is 2.34. The minimum Gasteiger partial charge on any atom is -0.497 e. The summed E-state index contributed by atoms with van der Waals surface area (Å²) in [7, 11) is 5.52. The Kier molecular flexibility index (Phi) is 4.28. The molecule has 1 aromatic heterocycles. The second-order valence-corrected chi connectivity index (χ2v) is 6.19. The van der Waals surface area contributed by atoms with Gasteiger partial charge in [-0.1, -0.05) is 12.1 Å². The highest BCUT2D eigenvalue weighted by molar-refractivity contribution is 7.97. The molecule has 0 spiro atoms. The van der Waals surface area contributed by atoms with Crippen molar-refractivity contribution in [3.8, 4) is 23.1 Å². The Morgan fingerprint density at radius 1 is 1.17 bits per heavy atom. The van der Waals surface area contributed by atoms with E-state index in [1.807, 2.05) is 44.4 Å². The van der Waals surface area contributed by atoms with Crippen LogP contribution >= 0.6 is 11.9 Å². The second kappa shape index (κ2) is 6.37. The van der Waals surface area contributed by atoms with Gasteiger partial charge < -0.3 is 9.30 Å². The number of ether oxygens (including phenoxy) is 1. The molecule has 0 saturated carbocycles. The molecule has 0 amide bonds. The lowest BCUT2D eigenvalue weighted by Crippen LogP contribution is -1.94. The molecule has 3 rings (SSSR count). The predicted octanol–water partition coefficient (Wildman–Crippen LogP) is 3.95. The monoisotopic (exact) mass is 323 g/mol. The van der Waals surface area contributed by atoms with E-state index in [1.165, 1.54) is 0 Å². The van der Waals surface area contributed by atoms with E-state index in [9.17, 15) is 5.26 Å². The minimum absolute atomic E-state index is 0.694. The molecule has 0 unspecified atom stereocenters. The lowest BCUT2D eigenvalue weighted by Gasteiger charge is -2.07. The molecule has 116 valence electrons. The number of nitriles is 1. The lowest BCUT2D eigenvalue weighted by molar-refractivity contribution is 0.415. The van der Waals surface area contributed by atoms with Crippen molar-refractivity contribution >= 4 is 22.9 Å². The van der Waals surface area contributed by atoms with E-state index in [0.29, 0.717) is 5.56 Å². The highest BCUT2D eigenvalue weighted by Gasteiger charge is 2.17. The number of nitrogens with zero attached hydrogens (tertiary/aromatic N) is 2. The maximum atomic E-state index is 9.65. The molecule has 0 aliphatic rings. The molecule has 0 bridgehead atoms. The number of aromatic nitrogens is 1. The van der Waals surface area contributed by atoms with Gasteiger partial charge in [0.25, 0.3) is 0 Å². The van der Waals surface area contributed by atoms with Crippen LogP contribution < -0.4 is 9.46 Å². The summed E-state index contributed by atoms with van der Waals surface area (Å²) in [4.78, 5) is 1.13. The fraction of sp³-hybridized carbons (Fsp3) is 0.167. The Morgan fingerprint density at radius 3 is 2.52 bits per heavy atom. The molecule has 0 fully saturated rings. The van der Waals surface area contributed by atoms with Crippen LogP contribution in [0.5, 0.6) is 5.75 Å². The van der Waals surface area contributed by atoms with Crippen molar-refractivity contribution in [1.29, 1.82) is 5.26 Å². The molecule has 5 heteroatoms. The quantitative estimate of drug-likeness (QED) is 0.739. The van der Waals surface area contributed by atoms with Crippen molar-refractivity contribution in [3.63, 3.8) is 0 Å². The second-order valence-electron chi connectivity index (χ2n) is 5.11. The van der Waals surface area contributed by atoms with E-state index < -0.39 is 0 Å². The van der Waals surface area contributed by atoms with Crippen molar-refractivity contribution in [3.05, 3.63) is 48.0 Å². The molecule has 0 radical (unpaired) electrons. The van der Waals surface area contributed by atoms with Crippen LogP contribution in [0.4, 0.5) is 0 Å². The van der Waals surface area contributed by atoms with Crippen LogP contribution in [0.3, 0.4) is 0 Å². The van der Waals surface area contributed by atoms with Gasteiger partial charge in [0, 0.05) is 23.4 Å². The van der Waals surface area contributed by atoms with Crippen LogP contribution in [0.2, 0.25) is 0 Å². The summed E-state index contributed by atoms with van der Waals surface area (Å²) in [5.41, 5.74) is 3.64. The molecule has 23 heavy (non-hydrogen) atoms. The van der Waals surface area contributed by atoms with Crippen LogP contribution in [-0.4, -0.2) is 18.7 Å². The van der Waals surface area contributed by atoms with Crippen LogP contribution in [0.1, 0.15) is 5.56 Å². The highest BCUT2D eigenvalue weighted by atomic mass is 32.2. The summed E-state index contributed by atoms with van der Waals surface area (Å²) in [6, 6.07) is 16.4. The summed E-state index contributed by atoms with van der Waals surface area (Å²) < 4.78 is 10.4. The van der Waals surface area contributed by atoms with Crippen molar-refractivity contribution < 1.29 is 4.74 Å². The molecule has 2 aromatic carbocycles. The predicted molar refractivity (Wildman–Crippen MR) is 94.5 cm³/mol. The van der Waals surface area contributed by atoms with Gasteiger partial charge in [0.15, 0.2) is 0 Å². The van der Waals surface area contributed by atoms with Crippen molar-refractivity contribution in [2.75, 3.05) is 14.2 Å². The number of nitrogens with one attached hydrogen (secondary N) is 1. The Hall–Kier alpha value is -2.42. The van der Waals surface area contributed by atoms with E-state index in [2.05, 4.69) is 27.5 Å². The first-order chi connectivity index (χ1) is 11.2. The van der Waals surface area contributed by atoms with Crippen molar-refractivity contribution in [1.82, 2.24) is 9.29 Å². The topological polar surface area (TPSA) is 50.0 Å². The van der Waals surface area contributed by atoms with Gasteiger partial charge >= 0.3 is 0 Å². The third-order valence-corrected chi connectivity index (χ3v) is 4.58. The standard InChI is InChI=1S/C18H17N3OS/c1-20-23-14-7-4-12(5-8-14)18-16(11-19)15-9-6-13(22-3)10-17(15)21(18)2/h4-10,20H,1-3H3. The molecule has 1 N–H and O–H groups in total. The van der Waals surface area contributed by atoms with Gasteiger partial charge in [-0.2, -0.15) is 5.26 Å². The fourth-order valence-electron chi connectivity index (χ4n) is 2.79. The van der Waals surface area contributed by atoms with Crippen LogP contribution in [0, 0.1) is 11.3 Å². The maximum absolute atomic E-state index is 9.65. The number of hydrogen-bond acceptors (Lipinski definition) is 4. The van der Waals surface area contributed by atoms with Gasteiger partial charge in [0.2, 0.25) is 0 Å². The third-order valence-electron chi connectivity index (χ3n) is 3.87. The van der Waals surface area contributed by atoms with Crippen LogP contribution in [-0.2, 0) is 7.05 Å². The van der Waals surface area contributed by atoms with Gasteiger partial charge in [-0.3, -0.25) is 4.72 Å². The smallest absolute Gasteiger partial charge is 0.120 e. The Morgan fingerprint density at radius 2 is 1.91 bits per heavy atom. The molecule has 0 atom stereocenters. The Balaban J connectivity index is 2.20. The summed E-state index contributed by atoms with van der Waals surface area (Å²) in [5.74, 6) is 0.787. The number of rotatable bonds is 4. The summed E-state index contributed by atoms with van der Waals surface area (Å²) >= 11 is 1.56. The van der Waals surface area contributed by atoms with Gasteiger partial charge in [0.1, 0.15) is 11.8 Å². The first kappa shape index (κ1) is 15.5. The van der Waals surface area contributed by atoms with Gasteiger partial charge in [0.05, 0.1) is 23.9 Å². The first-order valence-corrected chi connectivity index (χ1v) is 8.01. The van der Waals surface area contributed by atoms with Gasteiger partial charge in [-0.05, 0) is 48.8 Å². The number of hydrogen-bond donors (Lipinski definition) is 1. The van der Waals surface area contributed by atoms with E-state index >= 15 is 0 Å². The van der Waals surface area contributed by atoms with E-state index in [0.717, 1.165) is 32.8 Å². The molecule has 0 aliphatic heterocycles. The fourth-order valence-corrected chi connectivity index (χ4v) is 3.30. The van der Waals surface area contributed by atoms with E-state index in [-0.39, 0.29) is 0 Å². The van der Waals surface area contributed by atoms with Crippen LogP contribution in [0.15, 0.2) is 47.4 Å². The average molecular weight is 323 g/mol. The SMILES string of the molecule is CNSc1ccc(-c2c(C#N)c3ccc(OC)cc3n2C)cc1. The third kappa shape index (κ3) is 2.67. The average Bonchev–Trinajstić information content (AvgIpc) is 2.87. The maximum Gasteiger partial charge on any atom is 0.120 e. The van der Waals surface area contributed by atoms with Crippen molar-refractivity contribution in [2.24, 2.45) is 7.05 Å². The number of benzene rings is 2. The molecule has 3 aromatic rings. The Labute approximate surface area is 139 Å². The zero-order chi connectivity index (χ0) is 16.4. The summed E-state index contributed by atoms with van der Waals surface area (Å²) in [6.45, 7) is 0. The summed E-state index contributed by atoms with van der Waals surface area (Å²) in [5, 5.41) is 10.6. The molecule has 0 saturated heterocycles. The number of methoxy groups -OCH3 is 1. The van der Waals surface area contributed by atoms with Crippen LogP contribution in [0.25, 0.3) is 22.2 Å². The number of fused-ring (bicyclic) bond motifs is 1. The molecule has 0 aliphatic carbocycles. The molecule has 1 heterocycles. The zero-order valence-electron chi connectivity index (χ0n) is 13.3. The molecular weight excluding hydrogens is 306 g/mol. The first-order valence-electron chi connectivity index (χ1n) is 7.20. The van der Waals surface area contributed by atoms with Gasteiger partial charge in [-0.25, -0.2) is 0 Å². The van der Waals surface area contributed by atoms with Gasteiger partial charge in [-0.15, -0.1) is 0 Å². The largest absolute Gasteiger partial charge is 0.497 e. The zero-order valence-corrected chi connectivity index (χ0v) is 14.1. The Bertz CT molecular complexity index is 891. The van der Waals surface area contributed by atoms with E-state index in [1.54, 1.807) is 19.1 Å². The normalized spacial score (nSPS) is 10.7. The number of aryl methyl sites for hydroxylation is 1.